The molecule has 138 valence electrons. The molecule has 1 atom stereocenters. The third kappa shape index (κ3) is 4.22. The summed E-state index contributed by atoms with van der Waals surface area (Å²) in [6, 6.07) is 12.4. The van der Waals surface area contributed by atoms with E-state index in [9.17, 15) is 5.11 Å². The van der Waals surface area contributed by atoms with Crippen LogP contribution in [0.5, 0.6) is 11.5 Å². The second-order valence-corrected chi connectivity index (χ2v) is 7.27. The van der Waals surface area contributed by atoms with Crippen molar-refractivity contribution in [3.8, 4) is 11.5 Å². The third-order valence-corrected chi connectivity index (χ3v) is 5.47. The molecule has 3 nitrogen and oxygen atoms in total. The quantitative estimate of drug-likeness (QED) is 0.696. The van der Waals surface area contributed by atoms with Crippen molar-refractivity contribution >= 4 is 11.6 Å². The average Bonchev–Trinajstić information content (AvgIpc) is 3.06. The number of likely N-dealkylation sites (tertiary alicyclic amines) is 1. The minimum atomic E-state index is 0.240. The highest BCUT2D eigenvalue weighted by molar-refractivity contribution is 6.31. The number of rotatable bonds is 7. The van der Waals surface area contributed by atoms with Crippen LogP contribution in [0.4, 0.5) is 0 Å². The van der Waals surface area contributed by atoms with Crippen molar-refractivity contribution in [1.82, 2.24) is 4.90 Å². The summed E-state index contributed by atoms with van der Waals surface area (Å²) in [6.45, 7) is 5.55. The molecule has 1 unspecified atom stereocenters. The van der Waals surface area contributed by atoms with E-state index in [1.807, 2.05) is 30.3 Å². The predicted octanol–water partition coefficient (Wildman–Crippen LogP) is 4.99. The number of phenolic OH excluding ortho intramolecular Hbond substituents is 1. The summed E-state index contributed by atoms with van der Waals surface area (Å²) in [5, 5.41) is 11.4. The molecule has 0 radical (unpaired) electrons. The number of aromatic hydroxyl groups is 1. The highest BCUT2D eigenvalue weighted by Gasteiger charge is 2.26. The van der Waals surface area contributed by atoms with Gasteiger partial charge in [-0.1, -0.05) is 41.9 Å². The Labute approximate surface area is 160 Å². The van der Waals surface area contributed by atoms with Crippen LogP contribution in [0.3, 0.4) is 0 Å². The van der Waals surface area contributed by atoms with Crippen LogP contribution >= 0.6 is 11.6 Å². The van der Waals surface area contributed by atoms with Gasteiger partial charge in [0.1, 0.15) is 0 Å². The van der Waals surface area contributed by atoms with Gasteiger partial charge in [-0.15, -0.1) is 6.58 Å². The molecule has 0 amide bonds. The summed E-state index contributed by atoms with van der Waals surface area (Å²) in [7, 11) is 1.59. The summed E-state index contributed by atoms with van der Waals surface area (Å²) in [6.07, 6.45) is 5.87. The van der Waals surface area contributed by atoms with Gasteiger partial charge in [0.05, 0.1) is 7.11 Å². The number of methoxy groups -OCH3 is 1. The van der Waals surface area contributed by atoms with Gasteiger partial charge in [-0.05, 0) is 55.5 Å². The maximum Gasteiger partial charge on any atom is 0.162 e. The highest BCUT2D eigenvalue weighted by Crippen LogP contribution is 2.34. The van der Waals surface area contributed by atoms with Crippen molar-refractivity contribution in [3.63, 3.8) is 0 Å². The first-order chi connectivity index (χ1) is 12.6. The summed E-state index contributed by atoms with van der Waals surface area (Å²) >= 11 is 6.35. The minimum absolute atomic E-state index is 0.240. The van der Waals surface area contributed by atoms with Gasteiger partial charge in [0, 0.05) is 23.2 Å². The summed E-state index contributed by atoms with van der Waals surface area (Å²) in [5.41, 5.74) is 3.20. The van der Waals surface area contributed by atoms with Gasteiger partial charge in [0.2, 0.25) is 0 Å². The Hall–Kier alpha value is -1.97. The van der Waals surface area contributed by atoms with E-state index in [2.05, 4.69) is 23.6 Å². The third-order valence-electron chi connectivity index (χ3n) is 5.10. The number of phenols is 1. The van der Waals surface area contributed by atoms with Crippen molar-refractivity contribution in [1.29, 1.82) is 0 Å². The Morgan fingerprint density at radius 1 is 1.31 bits per heavy atom. The lowest BCUT2D eigenvalue weighted by Gasteiger charge is -2.26. The summed E-state index contributed by atoms with van der Waals surface area (Å²) in [5.74, 6) is 0.768. The Kier molecular flexibility index (Phi) is 6.23. The number of nitrogens with zero attached hydrogens (tertiary/aromatic N) is 1. The second kappa shape index (κ2) is 8.61. The molecule has 1 heterocycles. The molecular formula is C22H26ClNO2. The Balaban J connectivity index is 1.80. The molecule has 3 rings (SSSR count). The lowest BCUT2D eigenvalue weighted by atomic mass is 10.0. The van der Waals surface area contributed by atoms with E-state index < -0.39 is 0 Å². The first kappa shape index (κ1) is 18.8. The Bertz CT molecular complexity index is 775. The van der Waals surface area contributed by atoms with E-state index in [1.165, 1.54) is 12.0 Å². The van der Waals surface area contributed by atoms with Crippen LogP contribution in [0.1, 0.15) is 29.5 Å². The molecule has 0 aromatic heterocycles. The maximum atomic E-state index is 10.6. The van der Waals surface area contributed by atoms with Crippen LogP contribution in [0, 0.1) is 0 Å². The standard InChI is InChI=1S/C22H26ClNO2/c1-3-7-16-12-18(22(25)21(13-16)26-2)15-24-11-6-9-19(24)14-17-8-4-5-10-20(17)23/h3-5,8,10,12-13,19,25H,1,6-7,9,11,14-15H2,2H3. The number of hydrogen-bond acceptors (Lipinski definition) is 3. The van der Waals surface area contributed by atoms with Gasteiger partial charge < -0.3 is 9.84 Å². The van der Waals surface area contributed by atoms with Crippen LogP contribution < -0.4 is 4.74 Å². The van der Waals surface area contributed by atoms with Gasteiger partial charge >= 0.3 is 0 Å². The SMILES string of the molecule is C=CCc1cc(CN2CCCC2Cc2ccccc2Cl)c(O)c(OC)c1. The van der Waals surface area contributed by atoms with E-state index in [-0.39, 0.29) is 5.75 Å². The first-order valence-corrected chi connectivity index (χ1v) is 9.47. The van der Waals surface area contributed by atoms with Crippen LogP contribution in [0.15, 0.2) is 49.1 Å². The molecule has 4 heteroatoms. The van der Waals surface area contributed by atoms with E-state index in [0.29, 0.717) is 18.3 Å². The van der Waals surface area contributed by atoms with Crippen LogP contribution in [0.25, 0.3) is 0 Å². The molecule has 2 aromatic rings. The van der Waals surface area contributed by atoms with E-state index in [4.69, 9.17) is 16.3 Å². The molecular weight excluding hydrogens is 346 g/mol. The molecule has 1 aliphatic heterocycles. The number of hydrogen-bond donors (Lipinski definition) is 1. The maximum absolute atomic E-state index is 10.6. The van der Waals surface area contributed by atoms with Crippen LogP contribution in [0.2, 0.25) is 5.02 Å². The summed E-state index contributed by atoms with van der Waals surface area (Å²) < 4.78 is 5.36. The van der Waals surface area contributed by atoms with Crippen molar-refractivity contribution in [3.05, 3.63) is 70.8 Å². The van der Waals surface area contributed by atoms with Crippen LogP contribution in [-0.4, -0.2) is 29.7 Å². The zero-order valence-corrected chi connectivity index (χ0v) is 16.0. The van der Waals surface area contributed by atoms with Crippen molar-refractivity contribution in [2.75, 3.05) is 13.7 Å². The van der Waals surface area contributed by atoms with E-state index >= 15 is 0 Å². The smallest absolute Gasteiger partial charge is 0.162 e. The number of ether oxygens (including phenoxy) is 1. The minimum Gasteiger partial charge on any atom is -0.504 e. The molecule has 1 saturated heterocycles. The fourth-order valence-electron chi connectivity index (χ4n) is 3.76. The highest BCUT2D eigenvalue weighted by atomic mass is 35.5. The average molecular weight is 372 g/mol. The summed E-state index contributed by atoms with van der Waals surface area (Å²) in [4.78, 5) is 2.44. The normalized spacial score (nSPS) is 17.4. The fraction of sp³-hybridized carbons (Fsp3) is 0.364. The van der Waals surface area contributed by atoms with E-state index in [0.717, 1.165) is 42.0 Å². The van der Waals surface area contributed by atoms with Crippen molar-refractivity contribution in [2.45, 2.75) is 38.3 Å². The molecule has 0 aliphatic carbocycles. The van der Waals surface area contributed by atoms with Crippen molar-refractivity contribution < 1.29 is 9.84 Å². The molecule has 0 bridgehead atoms. The molecule has 0 spiro atoms. The Morgan fingerprint density at radius 2 is 2.12 bits per heavy atom. The fourth-order valence-corrected chi connectivity index (χ4v) is 3.97. The zero-order valence-electron chi connectivity index (χ0n) is 15.2. The topological polar surface area (TPSA) is 32.7 Å². The van der Waals surface area contributed by atoms with Crippen LogP contribution in [-0.2, 0) is 19.4 Å². The monoisotopic (exact) mass is 371 g/mol. The second-order valence-electron chi connectivity index (χ2n) is 6.86. The molecule has 26 heavy (non-hydrogen) atoms. The zero-order chi connectivity index (χ0) is 18.5. The van der Waals surface area contributed by atoms with Crippen molar-refractivity contribution in [2.24, 2.45) is 0 Å². The van der Waals surface area contributed by atoms with Gasteiger partial charge in [-0.25, -0.2) is 0 Å². The van der Waals surface area contributed by atoms with Gasteiger partial charge in [-0.2, -0.15) is 0 Å². The lowest BCUT2D eigenvalue weighted by Crippen LogP contribution is -2.30. The number of allylic oxidation sites excluding steroid dienone is 1. The largest absolute Gasteiger partial charge is 0.504 e. The lowest BCUT2D eigenvalue weighted by molar-refractivity contribution is 0.239. The Morgan fingerprint density at radius 3 is 2.85 bits per heavy atom. The predicted molar refractivity (Wildman–Crippen MR) is 107 cm³/mol. The molecule has 1 N–H and O–H groups in total. The van der Waals surface area contributed by atoms with Gasteiger partial charge in [0.15, 0.2) is 11.5 Å². The first-order valence-electron chi connectivity index (χ1n) is 9.09. The molecule has 1 aliphatic rings. The number of halogens is 1. The molecule has 1 fully saturated rings. The number of benzene rings is 2. The van der Waals surface area contributed by atoms with Gasteiger partial charge in [-0.3, -0.25) is 4.90 Å². The van der Waals surface area contributed by atoms with Gasteiger partial charge in [0.25, 0.3) is 0 Å². The van der Waals surface area contributed by atoms with E-state index in [1.54, 1.807) is 7.11 Å². The molecule has 2 aromatic carbocycles. The molecule has 0 saturated carbocycles.